The third kappa shape index (κ3) is 4.03. The van der Waals surface area contributed by atoms with Crippen molar-refractivity contribution >= 4 is 0 Å². The van der Waals surface area contributed by atoms with Gasteiger partial charge in [0.15, 0.2) is 0 Å². The van der Waals surface area contributed by atoms with Crippen LogP contribution in [0.1, 0.15) is 49.8 Å². The van der Waals surface area contributed by atoms with Crippen LogP contribution in [-0.2, 0) is 6.61 Å². The van der Waals surface area contributed by atoms with Crippen molar-refractivity contribution in [3.63, 3.8) is 0 Å². The highest BCUT2D eigenvalue weighted by Crippen LogP contribution is 2.26. The van der Waals surface area contributed by atoms with Crippen molar-refractivity contribution in [2.45, 2.75) is 51.3 Å². The predicted octanol–water partition coefficient (Wildman–Crippen LogP) is 2.38. The van der Waals surface area contributed by atoms with Crippen LogP contribution in [0.5, 0.6) is 0 Å². The molecule has 0 radical (unpaired) electrons. The van der Waals surface area contributed by atoms with Crippen molar-refractivity contribution in [1.29, 1.82) is 0 Å². The summed E-state index contributed by atoms with van der Waals surface area (Å²) in [4.78, 5) is 0. The van der Waals surface area contributed by atoms with E-state index in [9.17, 15) is 5.11 Å². The van der Waals surface area contributed by atoms with Crippen molar-refractivity contribution < 1.29 is 10.2 Å². The zero-order valence-electron chi connectivity index (χ0n) is 11.7. The molecule has 1 unspecified atom stereocenters. The highest BCUT2D eigenvalue weighted by Gasteiger charge is 2.21. The summed E-state index contributed by atoms with van der Waals surface area (Å²) in [5.41, 5.74) is 2.20. The molecule has 0 bridgehead atoms. The van der Waals surface area contributed by atoms with E-state index in [0.29, 0.717) is 24.6 Å². The van der Waals surface area contributed by atoms with Crippen molar-refractivity contribution in [1.82, 2.24) is 5.32 Å². The summed E-state index contributed by atoms with van der Waals surface area (Å²) in [5.74, 6) is 0.506. The van der Waals surface area contributed by atoms with E-state index < -0.39 is 0 Å². The summed E-state index contributed by atoms with van der Waals surface area (Å²) >= 11 is 0. The number of hydrogen-bond acceptors (Lipinski definition) is 3. The minimum atomic E-state index is 0.0994. The van der Waals surface area contributed by atoms with Crippen LogP contribution in [0.2, 0.25) is 0 Å². The highest BCUT2D eigenvalue weighted by atomic mass is 16.3. The molecule has 3 nitrogen and oxygen atoms in total. The number of aliphatic hydroxyl groups is 2. The first-order chi connectivity index (χ1) is 9.22. The monoisotopic (exact) mass is 263 g/mol. The zero-order valence-corrected chi connectivity index (χ0v) is 11.7. The van der Waals surface area contributed by atoms with Gasteiger partial charge in [0.1, 0.15) is 0 Å². The Balaban J connectivity index is 1.88. The van der Waals surface area contributed by atoms with E-state index in [-0.39, 0.29) is 6.61 Å². The standard InChI is InChI=1S/C16H25NO2/c1-12(15-4-2-3-14(9-15)11-19)17-16-7-5-13(10-18)6-8-16/h2-4,9,12-13,16-19H,5-8,10-11H2,1H3. The summed E-state index contributed by atoms with van der Waals surface area (Å²) in [6.07, 6.45) is 4.54. The molecule has 19 heavy (non-hydrogen) atoms. The molecule has 0 saturated heterocycles. The fourth-order valence-electron chi connectivity index (χ4n) is 2.92. The summed E-state index contributed by atoms with van der Waals surface area (Å²) in [6.45, 7) is 2.61. The van der Waals surface area contributed by atoms with E-state index in [1.807, 2.05) is 12.1 Å². The molecule has 1 aliphatic carbocycles. The smallest absolute Gasteiger partial charge is 0.0681 e. The van der Waals surface area contributed by atoms with Gasteiger partial charge in [0, 0.05) is 18.7 Å². The first-order valence-corrected chi connectivity index (χ1v) is 7.29. The van der Waals surface area contributed by atoms with Gasteiger partial charge >= 0.3 is 0 Å². The van der Waals surface area contributed by atoms with Crippen molar-refractivity contribution in [3.05, 3.63) is 35.4 Å². The summed E-state index contributed by atoms with van der Waals surface area (Å²) in [6, 6.07) is 8.98. The molecule has 1 aromatic rings. The van der Waals surface area contributed by atoms with Gasteiger partial charge in [-0.15, -0.1) is 0 Å². The van der Waals surface area contributed by atoms with Gasteiger partial charge in [-0.2, -0.15) is 0 Å². The Morgan fingerprint density at radius 3 is 2.58 bits per heavy atom. The molecule has 1 fully saturated rings. The fourth-order valence-corrected chi connectivity index (χ4v) is 2.92. The van der Waals surface area contributed by atoms with Crippen LogP contribution >= 0.6 is 0 Å². The lowest BCUT2D eigenvalue weighted by molar-refractivity contribution is 0.172. The van der Waals surface area contributed by atoms with Gasteiger partial charge in [-0.1, -0.05) is 24.3 Å². The van der Waals surface area contributed by atoms with Gasteiger partial charge in [-0.25, -0.2) is 0 Å². The van der Waals surface area contributed by atoms with Crippen LogP contribution in [0.25, 0.3) is 0 Å². The topological polar surface area (TPSA) is 52.5 Å². The fraction of sp³-hybridized carbons (Fsp3) is 0.625. The third-order valence-electron chi connectivity index (χ3n) is 4.22. The predicted molar refractivity (Wildman–Crippen MR) is 76.7 cm³/mol. The maximum absolute atomic E-state index is 9.18. The Hall–Kier alpha value is -0.900. The molecule has 2 rings (SSSR count). The Morgan fingerprint density at radius 1 is 1.21 bits per heavy atom. The van der Waals surface area contributed by atoms with Crippen LogP contribution in [0.15, 0.2) is 24.3 Å². The molecular formula is C16H25NO2. The number of hydrogen-bond donors (Lipinski definition) is 3. The van der Waals surface area contributed by atoms with Crippen LogP contribution in [0.3, 0.4) is 0 Å². The van der Waals surface area contributed by atoms with Gasteiger partial charge in [0.2, 0.25) is 0 Å². The lowest BCUT2D eigenvalue weighted by Gasteiger charge is -2.30. The second kappa shape index (κ2) is 7.04. The Labute approximate surface area is 115 Å². The summed E-state index contributed by atoms with van der Waals surface area (Å²) in [7, 11) is 0. The highest BCUT2D eigenvalue weighted by molar-refractivity contribution is 5.25. The number of rotatable bonds is 5. The molecule has 0 aromatic heterocycles. The molecule has 3 heteroatoms. The van der Waals surface area contributed by atoms with Crippen molar-refractivity contribution in [3.8, 4) is 0 Å². The lowest BCUT2D eigenvalue weighted by atomic mass is 9.86. The number of nitrogens with one attached hydrogen (secondary N) is 1. The SMILES string of the molecule is CC(NC1CCC(CO)CC1)c1cccc(CO)c1. The first kappa shape index (κ1) is 14.5. The largest absolute Gasteiger partial charge is 0.396 e. The average molecular weight is 263 g/mol. The number of aliphatic hydroxyl groups excluding tert-OH is 2. The van der Waals surface area contributed by atoms with Gasteiger partial charge in [-0.05, 0) is 49.7 Å². The van der Waals surface area contributed by atoms with E-state index >= 15 is 0 Å². The molecule has 3 N–H and O–H groups in total. The van der Waals surface area contributed by atoms with Gasteiger partial charge in [0.05, 0.1) is 6.61 Å². The van der Waals surface area contributed by atoms with Crippen LogP contribution in [0.4, 0.5) is 0 Å². The van der Waals surface area contributed by atoms with Crippen LogP contribution in [0, 0.1) is 5.92 Å². The molecule has 1 aliphatic rings. The summed E-state index contributed by atoms with van der Waals surface area (Å²) < 4.78 is 0. The lowest BCUT2D eigenvalue weighted by Crippen LogP contribution is -2.35. The Kier molecular flexibility index (Phi) is 5.37. The average Bonchev–Trinajstić information content (AvgIpc) is 2.48. The van der Waals surface area contributed by atoms with E-state index in [4.69, 9.17) is 5.11 Å². The van der Waals surface area contributed by atoms with Gasteiger partial charge in [-0.3, -0.25) is 0 Å². The molecule has 0 aliphatic heterocycles. The van der Waals surface area contributed by atoms with Crippen LogP contribution in [-0.4, -0.2) is 22.9 Å². The number of benzene rings is 1. The zero-order chi connectivity index (χ0) is 13.7. The molecule has 1 saturated carbocycles. The maximum atomic E-state index is 9.18. The van der Waals surface area contributed by atoms with E-state index in [1.165, 1.54) is 5.56 Å². The molecule has 1 atom stereocenters. The van der Waals surface area contributed by atoms with E-state index in [1.54, 1.807) is 0 Å². The molecule has 106 valence electrons. The molecular weight excluding hydrogens is 238 g/mol. The minimum absolute atomic E-state index is 0.0994. The van der Waals surface area contributed by atoms with E-state index in [0.717, 1.165) is 31.2 Å². The van der Waals surface area contributed by atoms with Crippen molar-refractivity contribution in [2.75, 3.05) is 6.61 Å². The normalized spacial score (nSPS) is 25.2. The van der Waals surface area contributed by atoms with E-state index in [2.05, 4.69) is 24.4 Å². The molecule has 0 spiro atoms. The first-order valence-electron chi connectivity index (χ1n) is 7.29. The van der Waals surface area contributed by atoms with Gasteiger partial charge < -0.3 is 15.5 Å². The molecule has 0 amide bonds. The van der Waals surface area contributed by atoms with Gasteiger partial charge in [0.25, 0.3) is 0 Å². The second-order valence-corrected chi connectivity index (χ2v) is 5.69. The molecule has 1 aromatic carbocycles. The Bertz CT molecular complexity index is 386. The second-order valence-electron chi connectivity index (χ2n) is 5.69. The Morgan fingerprint density at radius 2 is 1.95 bits per heavy atom. The van der Waals surface area contributed by atoms with Crippen LogP contribution < -0.4 is 5.32 Å². The minimum Gasteiger partial charge on any atom is -0.396 e. The molecule has 0 heterocycles. The maximum Gasteiger partial charge on any atom is 0.0681 e. The third-order valence-corrected chi connectivity index (χ3v) is 4.22. The van der Waals surface area contributed by atoms with Crippen molar-refractivity contribution in [2.24, 2.45) is 5.92 Å². The quantitative estimate of drug-likeness (QED) is 0.764. The summed E-state index contributed by atoms with van der Waals surface area (Å²) in [5, 5.41) is 22.0.